The van der Waals surface area contributed by atoms with Crippen LogP contribution >= 0.6 is 0 Å². The standard InChI is InChI=1S/C43H70O2/c1-8-10-11-12-13-14-15-16-17-18-19-20-41(44)45-36-27-29-42(6)35(31-36)23-24-37-39-26-25-38(43(39,7)30-28-40(37)42)33(5)21-22-34(9-2)32(3)4/h12-13,15-16,21-23,32-34,36-40H,8-11,14,17-20,24-31H2,1-7H3/b13-12-,16-15-,22-21+. The predicted octanol–water partition coefficient (Wildman–Crippen LogP) is 12.6. The van der Waals surface area contributed by atoms with Crippen molar-refractivity contribution in [2.75, 3.05) is 0 Å². The first-order chi connectivity index (χ1) is 21.6. The molecule has 0 aromatic heterocycles. The number of rotatable bonds is 16. The summed E-state index contributed by atoms with van der Waals surface area (Å²) in [6.45, 7) is 17.1. The number of carbonyl (C=O) groups excluding carboxylic acids is 1. The molecule has 4 aliphatic carbocycles. The van der Waals surface area contributed by atoms with E-state index < -0.39 is 0 Å². The molecule has 0 aromatic rings. The largest absolute Gasteiger partial charge is 0.462 e. The molecule has 0 radical (unpaired) electrons. The van der Waals surface area contributed by atoms with E-state index in [9.17, 15) is 4.79 Å². The SMILES string of the molecule is CCCC/C=C\C/C=C\CCCCC(=O)OC1CCC2(C)C(=CCC3C2CCC2(C)C(C(C)/C=C/C(CC)C(C)C)CCC32)C1. The molecule has 2 heteroatoms. The summed E-state index contributed by atoms with van der Waals surface area (Å²) < 4.78 is 6.09. The second kappa shape index (κ2) is 17.0. The highest BCUT2D eigenvalue weighted by molar-refractivity contribution is 5.69. The van der Waals surface area contributed by atoms with Crippen LogP contribution in [0.2, 0.25) is 0 Å². The van der Waals surface area contributed by atoms with Gasteiger partial charge in [-0.3, -0.25) is 4.79 Å². The zero-order valence-electron chi connectivity index (χ0n) is 30.5. The van der Waals surface area contributed by atoms with Crippen molar-refractivity contribution >= 4 is 5.97 Å². The monoisotopic (exact) mass is 619 g/mol. The molecule has 0 aliphatic heterocycles. The van der Waals surface area contributed by atoms with Crippen molar-refractivity contribution in [3.63, 3.8) is 0 Å². The molecule has 4 rings (SSSR count). The Hall–Kier alpha value is -1.57. The van der Waals surface area contributed by atoms with Crippen molar-refractivity contribution in [1.29, 1.82) is 0 Å². The van der Waals surface area contributed by atoms with Gasteiger partial charge in [-0.2, -0.15) is 0 Å². The Morgan fingerprint density at radius 3 is 2.38 bits per heavy atom. The van der Waals surface area contributed by atoms with Crippen LogP contribution in [-0.4, -0.2) is 12.1 Å². The van der Waals surface area contributed by atoms with Crippen molar-refractivity contribution in [2.24, 2.45) is 52.3 Å². The average molecular weight is 619 g/mol. The molecule has 0 bridgehead atoms. The maximum absolute atomic E-state index is 12.7. The Morgan fingerprint density at radius 2 is 1.67 bits per heavy atom. The van der Waals surface area contributed by atoms with Crippen molar-refractivity contribution in [3.8, 4) is 0 Å². The first-order valence-electron chi connectivity index (χ1n) is 19.5. The Morgan fingerprint density at radius 1 is 0.911 bits per heavy atom. The van der Waals surface area contributed by atoms with Crippen LogP contribution in [0.5, 0.6) is 0 Å². The molecule has 9 atom stereocenters. The van der Waals surface area contributed by atoms with Crippen LogP contribution in [0.1, 0.15) is 158 Å². The van der Waals surface area contributed by atoms with Gasteiger partial charge in [-0.25, -0.2) is 0 Å². The van der Waals surface area contributed by atoms with Gasteiger partial charge in [-0.1, -0.05) is 109 Å². The summed E-state index contributed by atoms with van der Waals surface area (Å²) in [5.41, 5.74) is 2.41. The Bertz CT molecular complexity index is 1050. The Labute approximate surface area is 279 Å². The van der Waals surface area contributed by atoms with Gasteiger partial charge in [0.2, 0.25) is 0 Å². The van der Waals surface area contributed by atoms with E-state index in [1.165, 1.54) is 64.2 Å². The maximum Gasteiger partial charge on any atom is 0.306 e. The Kier molecular flexibility index (Phi) is 13.7. The lowest BCUT2D eigenvalue weighted by atomic mass is 9.47. The quantitative estimate of drug-likeness (QED) is 0.0977. The minimum absolute atomic E-state index is 0.0213. The number of unbranched alkanes of at least 4 members (excludes halogenated alkanes) is 4. The lowest BCUT2D eigenvalue weighted by Gasteiger charge is -2.58. The van der Waals surface area contributed by atoms with Crippen LogP contribution in [0.25, 0.3) is 0 Å². The third-order valence-corrected chi connectivity index (χ3v) is 13.4. The van der Waals surface area contributed by atoms with Crippen LogP contribution < -0.4 is 0 Å². The van der Waals surface area contributed by atoms with Gasteiger partial charge in [-0.05, 0) is 136 Å². The van der Waals surface area contributed by atoms with Gasteiger partial charge in [-0.15, -0.1) is 0 Å². The minimum Gasteiger partial charge on any atom is -0.462 e. The Balaban J connectivity index is 1.25. The van der Waals surface area contributed by atoms with Crippen molar-refractivity contribution in [2.45, 2.75) is 164 Å². The van der Waals surface area contributed by atoms with E-state index in [0.717, 1.165) is 68.1 Å². The summed E-state index contributed by atoms with van der Waals surface area (Å²) in [6.07, 6.45) is 36.7. The van der Waals surface area contributed by atoms with Crippen LogP contribution in [0.3, 0.4) is 0 Å². The smallest absolute Gasteiger partial charge is 0.306 e. The van der Waals surface area contributed by atoms with Gasteiger partial charge in [0.1, 0.15) is 6.10 Å². The fraction of sp³-hybridized carbons (Fsp3) is 0.791. The van der Waals surface area contributed by atoms with E-state index in [4.69, 9.17) is 4.74 Å². The number of allylic oxidation sites excluding steroid dienone is 7. The summed E-state index contributed by atoms with van der Waals surface area (Å²) in [5, 5.41) is 0. The van der Waals surface area contributed by atoms with Crippen LogP contribution in [0.15, 0.2) is 48.1 Å². The van der Waals surface area contributed by atoms with E-state index in [2.05, 4.69) is 91.0 Å². The molecule has 0 heterocycles. The molecular weight excluding hydrogens is 548 g/mol. The fourth-order valence-corrected chi connectivity index (χ4v) is 10.5. The van der Waals surface area contributed by atoms with Gasteiger partial charge in [0, 0.05) is 12.8 Å². The van der Waals surface area contributed by atoms with Crippen molar-refractivity contribution in [1.82, 2.24) is 0 Å². The van der Waals surface area contributed by atoms with E-state index >= 15 is 0 Å². The molecule has 0 spiro atoms. The number of esters is 1. The first kappa shape index (κ1) is 36.3. The molecule has 9 unspecified atom stereocenters. The lowest BCUT2D eigenvalue weighted by Crippen LogP contribution is -2.51. The van der Waals surface area contributed by atoms with E-state index in [0.29, 0.717) is 29.1 Å². The lowest BCUT2D eigenvalue weighted by molar-refractivity contribution is -0.151. The second-order valence-corrected chi connectivity index (χ2v) is 16.5. The molecule has 254 valence electrons. The molecule has 45 heavy (non-hydrogen) atoms. The molecular formula is C43H70O2. The predicted molar refractivity (Wildman–Crippen MR) is 193 cm³/mol. The van der Waals surface area contributed by atoms with Gasteiger partial charge in [0.05, 0.1) is 0 Å². The van der Waals surface area contributed by atoms with E-state index in [1.54, 1.807) is 5.57 Å². The summed E-state index contributed by atoms with van der Waals surface area (Å²) >= 11 is 0. The van der Waals surface area contributed by atoms with Crippen molar-refractivity contribution in [3.05, 3.63) is 48.1 Å². The number of hydrogen-bond donors (Lipinski definition) is 0. The molecule has 0 N–H and O–H groups in total. The third-order valence-electron chi connectivity index (χ3n) is 13.4. The minimum atomic E-state index is 0.0213. The molecule has 3 fully saturated rings. The van der Waals surface area contributed by atoms with E-state index in [-0.39, 0.29) is 12.1 Å². The molecule has 0 saturated heterocycles. The second-order valence-electron chi connectivity index (χ2n) is 16.5. The van der Waals surface area contributed by atoms with Crippen LogP contribution in [0.4, 0.5) is 0 Å². The summed E-state index contributed by atoms with van der Waals surface area (Å²) in [7, 11) is 0. The maximum atomic E-state index is 12.7. The van der Waals surface area contributed by atoms with Crippen LogP contribution in [0, 0.1) is 52.3 Å². The number of fused-ring (bicyclic) bond motifs is 5. The highest BCUT2D eigenvalue weighted by Crippen LogP contribution is 2.67. The topological polar surface area (TPSA) is 26.3 Å². The zero-order valence-corrected chi connectivity index (χ0v) is 30.5. The average Bonchev–Trinajstić information content (AvgIpc) is 3.37. The van der Waals surface area contributed by atoms with Crippen LogP contribution in [-0.2, 0) is 9.53 Å². The zero-order chi connectivity index (χ0) is 32.5. The van der Waals surface area contributed by atoms with Gasteiger partial charge >= 0.3 is 5.97 Å². The first-order valence-corrected chi connectivity index (χ1v) is 19.5. The molecule has 3 saturated carbocycles. The number of ether oxygens (including phenoxy) is 1. The van der Waals surface area contributed by atoms with Gasteiger partial charge < -0.3 is 4.74 Å². The summed E-state index contributed by atoms with van der Waals surface area (Å²) in [6, 6.07) is 0. The molecule has 2 nitrogen and oxygen atoms in total. The molecule has 0 aromatic carbocycles. The summed E-state index contributed by atoms with van der Waals surface area (Å²) in [5.74, 6) is 5.48. The molecule has 0 amide bonds. The number of hydrogen-bond acceptors (Lipinski definition) is 2. The highest BCUT2D eigenvalue weighted by atomic mass is 16.5. The van der Waals surface area contributed by atoms with Gasteiger partial charge in [0.15, 0.2) is 0 Å². The normalized spacial score (nSPS) is 34.6. The number of carbonyl (C=O) groups is 1. The highest BCUT2D eigenvalue weighted by Gasteiger charge is 2.59. The van der Waals surface area contributed by atoms with Gasteiger partial charge in [0.25, 0.3) is 0 Å². The fourth-order valence-electron chi connectivity index (χ4n) is 10.5. The third kappa shape index (κ3) is 8.87. The summed E-state index contributed by atoms with van der Waals surface area (Å²) in [4.78, 5) is 12.7. The molecule has 4 aliphatic rings. The van der Waals surface area contributed by atoms with Crippen molar-refractivity contribution < 1.29 is 9.53 Å². The van der Waals surface area contributed by atoms with E-state index in [1.807, 2.05) is 0 Å².